The van der Waals surface area contributed by atoms with Crippen LogP contribution in [0.5, 0.6) is 0 Å². The Morgan fingerprint density at radius 2 is 2.12 bits per heavy atom. The molecule has 2 saturated heterocycles. The highest BCUT2D eigenvalue weighted by Gasteiger charge is 2.59. The number of carbonyl (C=O) groups is 2. The first kappa shape index (κ1) is 21.6. The van der Waals surface area contributed by atoms with Crippen molar-refractivity contribution in [3.63, 3.8) is 0 Å². The van der Waals surface area contributed by atoms with E-state index in [2.05, 4.69) is 36.5 Å². The molecule has 2 amide bonds. The predicted octanol–water partition coefficient (Wildman–Crippen LogP) is 3.62. The highest BCUT2D eigenvalue weighted by atomic mass is 32.1. The van der Waals surface area contributed by atoms with Crippen LogP contribution in [0, 0.1) is 24.2 Å². The van der Waals surface area contributed by atoms with Crippen LogP contribution in [-0.2, 0) is 16.1 Å². The van der Waals surface area contributed by atoms with Gasteiger partial charge in [-0.25, -0.2) is 9.97 Å². The average molecular weight is 456 g/mol. The minimum absolute atomic E-state index is 0.0568. The zero-order chi connectivity index (χ0) is 22.6. The van der Waals surface area contributed by atoms with Crippen molar-refractivity contribution in [1.82, 2.24) is 24.3 Å². The maximum absolute atomic E-state index is 13.9. The van der Waals surface area contributed by atoms with E-state index in [0.29, 0.717) is 38.1 Å². The smallest absolute Gasteiger partial charge is 0.231 e. The van der Waals surface area contributed by atoms with Crippen LogP contribution in [0.2, 0.25) is 0 Å². The van der Waals surface area contributed by atoms with E-state index in [9.17, 15) is 9.59 Å². The van der Waals surface area contributed by atoms with E-state index in [0.717, 1.165) is 35.7 Å². The lowest BCUT2D eigenvalue weighted by molar-refractivity contribution is -0.140. The predicted molar refractivity (Wildman–Crippen MR) is 123 cm³/mol. The lowest BCUT2D eigenvalue weighted by Gasteiger charge is -2.34. The molecule has 172 valence electrons. The highest BCUT2D eigenvalue weighted by molar-refractivity contribution is 7.09. The van der Waals surface area contributed by atoms with Crippen molar-refractivity contribution in [2.24, 2.45) is 17.3 Å². The summed E-state index contributed by atoms with van der Waals surface area (Å²) in [6, 6.07) is 0.312. The van der Waals surface area contributed by atoms with Crippen LogP contribution in [0.25, 0.3) is 0 Å². The molecule has 1 aliphatic carbocycles. The molecule has 0 radical (unpaired) electrons. The SMILES string of the molecule is Cc1nc(CN2CC[C@]3(CN(C(=O)C4CC(C)C4)C[C@@H]3c3cn(C(C)C)cn3)C2=O)cs1. The van der Waals surface area contributed by atoms with Gasteiger partial charge in [0.25, 0.3) is 0 Å². The lowest BCUT2D eigenvalue weighted by Crippen LogP contribution is -2.43. The molecule has 0 unspecified atom stereocenters. The van der Waals surface area contributed by atoms with Gasteiger partial charge in [0.05, 0.1) is 34.7 Å². The maximum Gasteiger partial charge on any atom is 0.231 e. The van der Waals surface area contributed by atoms with Crippen molar-refractivity contribution < 1.29 is 9.59 Å². The molecule has 2 aromatic heterocycles. The molecule has 1 spiro atoms. The largest absolute Gasteiger partial charge is 0.341 e. The lowest BCUT2D eigenvalue weighted by atomic mass is 9.75. The van der Waals surface area contributed by atoms with E-state index in [1.54, 1.807) is 11.3 Å². The van der Waals surface area contributed by atoms with Gasteiger partial charge in [-0.15, -0.1) is 11.3 Å². The number of likely N-dealkylation sites (tertiary alicyclic amines) is 2. The van der Waals surface area contributed by atoms with E-state index < -0.39 is 5.41 Å². The Bertz CT molecular complexity index is 1020. The summed E-state index contributed by atoms with van der Waals surface area (Å²) in [5.41, 5.74) is 1.32. The van der Waals surface area contributed by atoms with Crippen molar-refractivity contribution in [2.45, 2.75) is 65.5 Å². The first-order valence-electron chi connectivity index (χ1n) is 11.8. The summed E-state index contributed by atoms with van der Waals surface area (Å²) in [4.78, 5) is 40.3. The molecule has 2 atom stereocenters. The molecule has 4 heterocycles. The van der Waals surface area contributed by atoms with Gasteiger partial charge < -0.3 is 14.4 Å². The van der Waals surface area contributed by atoms with Crippen LogP contribution in [0.4, 0.5) is 0 Å². The van der Waals surface area contributed by atoms with Crippen molar-refractivity contribution >= 4 is 23.2 Å². The van der Waals surface area contributed by atoms with Gasteiger partial charge in [0.15, 0.2) is 0 Å². The molecule has 0 N–H and O–H groups in total. The molecule has 7 nitrogen and oxygen atoms in total. The highest BCUT2D eigenvalue weighted by Crippen LogP contribution is 2.51. The standard InChI is InChI=1S/C24H33N5O2S/c1-15(2)29-11-21(25-14-29)20-10-28(22(30)18-7-16(3)8-18)13-24(20)5-6-27(23(24)31)9-19-12-32-17(4)26-19/h11-12,14-16,18,20H,5-10,13H2,1-4H3/t16?,18?,20-,24-/m1/s1. The Kier molecular flexibility index (Phi) is 5.39. The minimum Gasteiger partial charge on any atom is -0.341 e. The Hall–Kier alpha value is -2.22. The summed E-state index contributed by atoms with van der Waals surface area (Å²) in [5.74, 6) is 1.08. The van der Waals surface area contributed by atoms with Crippen LogP contribution in [0.15, 0.2) is 17.9 Å². The third-order valence-corrected chi connectivity index (χ3v) is 8.54. The first-order valence-corrected chi connectivity index (χ1v) is 12.7. The summed E-state index contributed by atoms with van der Waals surface area (Å²) in [6.45, 7) is 10.8. The van der Waals surface area contributed by atoms with Crippen LogP contribution < -0.4 is 0 Å². The molecule has 2 aliphatic heterocycles. The fourth-order valence-corrected chi connectivity index (χ4v) is 6.39. The van der Waals surface area contributed by atoms with Gasteiger partial charge in [0.2, 0.25) is 11.8 Å². The fourth-order valence-electron chi connectivity index (χ4n) is 5.79. The first-order chi connectivity index (χ1) is 15.3. The average Bonchev–Trinajstić information content (AvgIpc) is 3.50. The van der Waals surface area contributed by atoms with Crippen LogP contribution in [0.1, 0.15) is 68.4 Å². The summed E-state index contributed by atoms with van der Waals surface area (Å²) in [5, 5.41) is 3.06. The summed E-state index contributed by atoms with van der Waals surface area (Å²) < 4.78 is 2.09. The molecular weight excluding hydrogens is 422 g/mol. The van der Waals surface area contributed by atoms with Crippen LogP contribution in [-0.4, -0.2) is 55.8 Å². The number of aryl methyl sites for hydroxylation is 1. The normalized spacial score (nSPS) is 30.0. The summed E-state index contributed by atoms with van der Waals surface area (Å²) in [6.07, 6.45) is 6.65. The monoisotopic (exact) mass is 455 g/mol. The maximum atomic E-state index is 13.9. The van der Waals surface area contributed by atoms with Gasteiger partial charge >= 0.3 is 0 Å². The number of nitrogens with zero attached hydrogens (tertiary/aromatic N) is 5. The summed E-state index contributed by atoms with van der Waals surface area (Å²) in [7, 11) is 0. The Morgan fingerprint density at radius 3 is 2.75 bits per heavy atom. The topological polar surface area (TPSA) is 71.3 Å². The van der Waals surface area contributed by atoms with E-state index in [4.69, 9.17) is 4.98 Å². The summed E-state index contributed by atoms with van der Waals surface area (Å²) >= 11 is 1.62. The number of amides is 2. The number of imidazole rings is 1. The second-order valence-electron chi connectivity index (χ2n) is 10.4. The number of carbonyl (C=O) groups excluding carboxylic acids is 2. The third kappa shape index (κ3) is 3.56. The van der Waals surface area contributed by atoms with Gasteiger partial charge in [0.1, 0.15) is 0 Å². The molecule has 0 aromatic carbocycles. The van der Waals surface area contributed by atoms with E-state index in [1.165, 1.54) is 0 Å². The quantitative estimate of drug-likeness (QED) is 0.690. The van der Waals surface area contributed by atoms with E-state index in [1.807, 2.05) is 28.4 Å². The van der Waals surface area contributed by atoms with Crippen molar-refractivity contribution in [1.29, 1.82) is 0 Å². The Morgan fingerprint density at radius 1 is 1.34 bits per heavy atom. The molecule has 3 aliphatic rings. The van der Waals surface area contributed by atoms with Crippen molar-refractivity contribution in [3.05, 3.63) is 34.3 Å². The molecule has 32 heavy (non-hydrogen) atoms. The van der Waals surface area contributed by atoms with Crippen molar-refractivity contribution in [3.8, 4) is 0 Å². The second-order valence-corrected chi connectivity index (χ2v) is 11.4. The molecule has 8 heteroatoms. The zero-order valence-corrected chi connectivity index (χ0v) is 20.3. The van der Waals surface area contributed by atoms with Crippen molar-refractivity contribution in [2.75, 3.05) is 19.6 Å². The van der Waals surface area contributed by atoms with Gasteiger partial charge in [0, 0.05) is 49.1 Å². The number of hydrogen-bond acceptors (Lipinski definition) is 5. The molecular formula is C24H33N5O2S. The van der Waals surface area contributed by atoms with E-state index >= 15 is 0 Å². The van der Waals surface area contributed by atoms with Gasteiger partial charge in [-0.05, 0) is 46.0 Å². The second kappa shape index (κ2) is 7.97. The van der Waals surface area contributed by atoms with Gasteiger partial charge in [-0.1, -0.05) is 6.92 Å². The van der Waals surface area contributed by atoms with Gasteiger partial charge in [-0.3, -0.25) is 9.59 Å². The fraction of sp³-hybridized carbons (Fsp3) is 0.667. The molecule has 0 bridgehead atoms. The number of hydrogen-bond donors (Lipinski definition) is 0. The zero-order valence-electron chi connectivity index (χ0n) is 19.5. The molecule has 5 rings (SSSR count). The van der Waals surface area contributed by atoms with Crippen LogP contribution in [0.3, 0.4) is 0 Å². The molecule has 1 saturated carbocycles. The Balaban J connectivity index is 1.42. The van der Waals surface area contributed by atoms with E-state index in [-0.39, 0.29) is 23.7 Å². The molecule has 2 aromatic rings. The number of aromatic nitrogens is 3. The number of rotatable bonds is 5. The Labute approximate surface area is 193 Å². The van der Waals surface area contributed by atoms with Gasteiger partial charge in [-0.2, -0.15) is 0 Å². The third-order valence-electron chi connectivity index (χ3n) is 7.71. The van der Waals surface area contributed by atoms with Crippen LogP contribution >= 0.6 is 11.3 Å². The minimum atomic E-state index is -0.577. The molecule has 3 fully saturated rings. The number of thiazole rings is 1.